The van der Waals surface area contributed by atoms with Gasteiger partial charge >= 0.3 is 0 Å². The Morgan fingerprint density at radius 2 is 2.09 bits per heavy atom. The van der Waals surface area contributed by atoms with E-state index in [1.807, 2.05) is 0 Å². The zero-order chi connectivity index (χ0) is 16.4. The Morgan fingerprint density at radius 1 is 1.26 bits per heavy atom. The van der Waals surface area contributed by atoms with Crippen molar-refractivity contribution in [3.05, 3.63) is 29.5 Å². The van der Waals surface area contributed by atoms with E-state index in [1.54, 1.807) is 18.2 Å². The fraction of sp³-hybridized carbons (Fsp3) is 0.400. The van der Waals surface area contributed by atoms with Crippen LogP contribution in [-0.4, -0.2) is 51.0 Å². The average Bonchev–Trinajstić information content (AvgIpc) is 2.83. The molecule has 2 aromatic rings. The minimum atomic E-state index is -3.60. The summed E-state index contributed by atoms with van der Waals surface area (Å²) in [6, 6.07) is 4.86. The maximum Gasteiger partial charge on any atom is 0.243 e. The summed E-state index contributed by atoms with van der Waals surface area (Å²) in [6.45, 7) is 2.43. The zero-order valence-corrected chi connectivity index (χ0v) is 14.3. The summed E-state index contributed by atoms with van der Waals surface area (Å²) in [7, 11) is -2.08. The molecule has 1 N–H and O–H groups in total. The van der Waals surface area contributed by atoms with E-state index < -0.39 is 10.0 Å². The first kappa shape index (κ1) is 16.4. The second kappa shape index (κ2) is 6.60. The van der Waals surface area contributed by atoms with Crippen molar-refractivity contribution in [2.75, 3.05) is 33.3 Å². The van der Waals surface area contributed by atoms with Gasteiger partial charge in [-0.3, -0.25) is 0 Å². The number of benzene rings is 1. The monoisotopic (exact) mass is 355 g/mol. The molecular formula is C15H18ClN3O3S. The molecule has 6 nitrogen and oxygen atoms in total. The molecule has 0 amide bonds. The van der Waals surface area contributed by atoms with Crippen LogP contribution in [0.3, 0.4) is 0 Å². The van der Waals surface area contributed by atoms with Crippen LogP contribution in [-0.2, 0) is 10.0 Å². The molecule has 0 radical (unpaired) electrons. The number of hydrogen-bond acceptors (Lipinski definition) is 5. The Hall–Kier alpha value is -1.41. The number of nitrogens with one attached hydrogen (secondary N) is 1. The van der Waals surface area contributed by atoms with Gasteiger partial charge in [0, 0.05) is 31.2 Å². The van der Waals surface area contributed by atoms with Crippen LogP contribution >= 0.6 is 11.6 Å². The van der Waals surface area contributed by atoms with Crippen LogP contribution in [0.5, 0.6) is 5.75 Å². The van der Waals surface area contributed by atoms with E-state index in [0.29, 0.717) is 36.2 Å². The van der Waals surface area contributed by atoms with Crippen LogP contribution in [0.1, 0.15) is 6.42 Å². The molecule has 1 aromatic carbocycles. The molecule has 0 saturated carbocycles. The highest BCUT2D eigenvalue weighted by Crippen LogP contribution is 2.35. The van der Waals surface area contributed by atoms with Crippen molar-refractivity contribution in [1.82, 2.24) is 14.6 Å². The summed E-state index contributed by atoms with van der Waals surface area (Å²) in [6.07, 6.45) is 2.29. The number of pyridine rings is 1. The van der Waals surface area contributed by atoms with Crippen molar-refractivity contribution in [3.8, 4) is 5.75 Å². The number of sulfonamides is 1. The SMILES string of the molecule is COc1ccc(S(=O)(=O)N2CCCNCC2)c2ccnc(Cl)c12. The Balaban J connectivity index is 2.18. The number of fused-ring (bicyclic) bond motifs is 1. The molecule has 2 heterocycles. The van der Waals surface area contributed by atoms with Gasteiger partial charge in [-0.2, -0.15) is 4.31 Å². The van der Waals surface area contributed by atoms with Crippen LogP contribution in [0.25, 0.3) is 10.8 Å². The maximum absolute atomic E-state index is 13.1. The average molecular weight is 356 g/mol. The highest BCUT2D eigenvalue weighted by Gasteiger charge is 2.28. The lowest BCUT2D eigenvalue weighted by Gasteiger charge is -2.21. The largest absolute Gasteiger partial charge is 0.496 e. The first-order valence-corrected chi connectivity index (χ1v) is 9.19. The molecule has 0 aliphatic carbocycles. The van der Waals surface area contributed by atoms with Crippen LogP contribution in [0.4, 0.5) is 0 Å². The summed E-state index contributed by atoms with van der Waals surface area (Å²) in [5, 5.41) is 4.49. The fourth-order valence-electron chi connectivity index (χ4n) is 2.80. The molecule has 8 heteroatoms. The maximum atomic E-state index is 13.1. The van der Waals surface area contributed by atoms with Crippen molar-refractivity contribution in [2.24, 2.45) is 0 Å². The quantitative estimate of drug-likeness (QED) is 0.851. The van der Waals surface area contributed by atoms with Gasteiger partial charge in [-0.05, 0) is 31.2 Å². The van der Waals surface area contributed by atoms with Crippen molar-refractivity contribution in [1.29, 1.82) is 0 Å². The van der Waals surface area contributed by atoms with Crippen LogP contribution in [0, 0.1) is 0 Å². The summed E-state index contributed by atoms with van der Waals surface area (Å²) in [5.74, 6) is 0.509. The van der Waals surface area contributed by atoms with Crippen molar-refractivity contribution >= 4 is 32.4 Å². The number of ether oxygens (including phenoxy) is 1. The number of halogens is 1. The lowest BCUT2D eigenvalue weighted by atomic mass is 10.1. The van der Waals surface area contributed by atoms with E-state index in [-0.39, 0.29) is 10.0 Å². The minimum absolute atomic E-state index is 0.230. The number of methoxy groups -OCH3 is 1. The summed E-state index contributed by atoms with van der Waals surface area (Å²) in [5.41, 5.74) is 0. The van der Waals surface area contributed by atoms with E-state index in [4.69, 9.17) is 16.3 Å². The first-order chi connectivity index (χ1) is 11.1. The predicted molar refractivity (Wildman–Crippen MR) is 89.6 cm³/mol. The van der Waals surface area contributed by atoms with Gasteiger partial charge in [0.25, 0.3) is 0 Å². The Kier molecular flexibility index (Phi) is 4.72. The Bertz CT molecular complexity index is 818. The molecule has 1 aliphatic heterocycles. The van der Waals surface area contributed by atoms with Gasteiger partial charge in [0.05, 0.1) is 17.4 Å². The molecule has 1 fully saturated rings. The predicted octanol–water partition coefficient (Wildman–Crippen LogP) is 1.88. The molecule has 1 aromatic heterocycles. The van der Waals surface area contributed by atoms with Gasteiger partial charge in [-0.25, -0.2) is 13.4 Å². The third kappa shape index (κ3) is 3.01. The number of nitrogens with zero attached hydrogens (tertiary/aromatic N) is 2. The molecule has 23 heavy (non-hydrogen) atoms. The van der Waals surface area contributed by atoms with Crippen LogP contribution < -0.4 is 10.1 Å². The molecule has 1 saturated heterocycles. The molecular weight excluding hydrogens is 338 g/mol. The number of aromatic nitrogens is 1. The summed E-state index contributed by atoms with van der Waals surface area (Å²) < 4.78 is 32.9. The van der Waals surface area contributed by atoms with Crippen molar-refractivity contribution in [3.63, 3.8) is 0 Å². The molecule has 0 spiro atoms. The lowest BCUT2D eigenvalue weighted by Crippen LogP contribution is -2.34. The molecule has 0 bridgehead atoms. The van der Waals surface area contributed by atoms with E-state index in [9.17, 15) is 8.42 Å². The van der Waals surface area contributed by atoms with Gasteiger partial charge < -0.3 is 10.1 Å². The normalized spacial score (nSPS) is 17.1. The van der Waals surface area contributed by atoms with E-state index >= 15 is 0 Å². The highest BCUT2D eigenvalue weighted by atomic mass is 35.5. The standard InChI is InChI=1S/C15H18ClN3O3S/c1-22-12-3-4-13(11-5-7-18-15(16)14(11)12)23(20,21)19-9-2-6-17-8-10-19/h3-5,7,17H,2,6,8-10H2,1H3. The van der Waals surface area contributed by atoms with Gasteiger partial charge in [-0.1, -0.05) is 11.6 Å². The third-order valence-electron chi connectivity index (χ3n) is 3.94. The zero-order valence-electron chi connectivity index (χ0n) is 12.8. The smallest absolute Gasteiger partial charge is 0.243 e. The second-order valence-electron chi connectivity index (χ2n) is 5.30. The minimum Gasteiger partial charge on any atom is -0.496 e. The van der Waals surface area contributed by atoms with E-state index in [1.165, 1.54) is 17.6 Å². The number of rotatable bonds is 3. The highest BCUT2D eigenvalue weighted by molar-refractivity contribution is 7.89. The van der Waals surface area contributed by atoms with Crippen LogP contribution in [0.15, 0.2) is 29.3 Å². The van der Waals surface area contributed by atoms with Gasteiger partial charge in [0.15, 0.2) is 0 Å². The molecule has 0 atom stereocenters. The Morgan fingerprint density at radius 3 is 2.87 bits per heavy atom. The summed E-state index contributed by atoms with van der Waals surface area (Å²) in [4.78, 5) is 4.27. The topological polar surface area (TPSA) is 71.5 Å². The number of hydrogen-bond donors (Lipinski definition) is 1. The fourth-order valence-corrected chi connectivity index (χ4v) is 4.71. The van der Waals surface area contributed by atoms with Gasteiger partial charge in [-0.15, -0.1) is 0 Å². The molecule has 1 aliphatic rings. The second-order valence-corrected chi connectivity index (χ2v) is 7.56. The third-order valence-corrected chi connectivity index (χ3v) is 6.18. The molecule has 124 valence electrons. The van der Waals surface area contributed by atoms with E-state index in [2.05, 4.69) is 10.3 Å². The lowest BCUT2D eigenvalue weighted by molar-refractivity contribution is 0.419. The summed E-state index contributed by atoms with van der Waals surface area (Å²) >= 11 is 6.17. The molecule has 3 rings (SSSR count). The van der Waals surface area contributed by atoms with Crippen molar-refractivity contribution in [2.45, 2.75) is 11.3 Å². The van der Waals surface area contributed by atoms with Crippen molar-refractivity contribution < 1.29 is 13.2 Å². The van der Waals surface area contributed by atoms with Gasteiger partial charge in [0.2, 0.25) is 10.0 Å². The van der Waals surface area contributed by atoms with Crippen LogP contribution in [0.2, 0.25) is 5.15 Å². The molecule has 0 unspecified atom stereocenters. The van der Waals surface area contributed by atoms with E-state index in [0.717, 1.165) is 13.0 Å². The van der Waals surface area contributed by atoms with Gasteiger partial charge in [0.1, 0.15) is 10.9 Å². The Labute approximate surface area is 140 Å². The first-order valence-electron chi connectivity index (χ1n) is 7.38.